The summed E-state index contributed by atoms with van der Waals surface area (Å²) in [5.74, 6) is 0.133. The predicted molar refractivity (Wildman–Crippen MR) is 99.5 cm³/mol. The molecule has 1 saturated heterocycles. The van der Waals surface area contributed by atoms with Crippen LogP contribution in [0.1, 0.15) is 18.4 Å². The van der Waals surface area contributed by atoms with E-state index in [1.54, 1.807) is 19.2 Å². The second kappa shape index (κ2) is 11.0. The zero-order valence-corrected chi connectivity index (χ0v) is 16.0. The Morgan fingerprint density at radius 2 is 1.96 bits per heavy atom. The largest absolute Gasteiger partial charge is 0.482 e. The van der Waals surface area contributed by atoms with Crippen molar-refractivity contribution in [3.8, 4) is 5.75 Å². The van der Waals surface area contributed by atoms with E-state index in [0.29, 0.717) is 18.9 Å². The highest BCUT2D eigenvalue weighted by Gasteiger charge is 2.39. The molecule has 0 saturated carbocycles. The van der Waals surface area contributed by atoms with E-state index in [0.717, 1.165) is 31.5 Å². The molecule has 1 aliphatic heterocycles. The minimum absolute atomic E-state index is 0. The van der Waals surface area contributed by atoms with E-state index >= 15 is 0 Å². The number of nitrogens with one attached hydrogen (secondary N) is 2. The molecule has 2 rings (SSSR count). The van der Waals surface area contributed by atoms with E-state index in [-0.39, 0.29) is 24.9 Å². The smallest absolute Gasteiger partial charge is 0.343 e. The number of benzene rings is 1. The highest BCUT2D eigenvalue weighted by atomic mass is 35.5. The summed E-state index contributed by atoms with van der Waals surface area (Å²) >= 11 is 0. The molecule has 0 unspecified atom stereocenters. The van der Waals surface area contributed by atoms with Crippen molar-refractivity contribution >= 4 is 24.3 Å². The fourth-order valence-corrected chi connectivity index (χ4v) is 2.93. The van der Waals surface area contributed by atoms with Crippen LogP contribution in [-0.4, -0.2) is 52.4 Å². The number of piperidine rings is 1. The number of carbonyl (C=O) groups excluding carboxylic acids is 2. The molecule has 1 aliphatic rings. The minimum atomic E-state index is -0.473. The highest BCUT2D eigenvalue weighted by molar-refractivity contribution is 5.85. The van der Waals surface area contributed by atoms with Gasteiger partial charge >= 0.3 is 5.97 Å². The van der Waals surface area contributed by atoms with Gasteiger partial charge in [-0.05, 0) is 43.6 Å². The van der Waals surface area contributed by atoms with E-state index in [9.17, 15) is 9.59 Å². The third kappa shape index (κ3) is 6.16. The number of amides is 1. The van der Waals surface area contributed by atoms with Gasteiger partial charge in [-0.2, -0.15) is 0 Å². The number of esters is 1. The Hall–Kier alpha value is -1.83. The van der Waals surface area contributed by atoms with E-state index in [4.69, 9.17) is 9.47 Å². The number of carbonyl (C=O) groups is 2. The molecule has 2 N–H and O–H groups in total. The Morgan fingerprint density at radius 3 is 2.62 bits per heavy atom. The topological polar surface area (TPSA) is 85.9 Å². The Labute approximate surface area is 160 Å². The zero-order chi connectivity index (χ0) is 18.1. The van der Waals surface area contributed by atoms with Crippen LogP contribution in [0.25, 0.3) is 0 Å². The van der Waals surface area contributed by atoms with Crippen LogP contribution < -0.4 is 15.4 Å². The van der Waals surface area contributed by atoms with Crippen LogP contribution in [0.5, 0.6) is 5.75 Å². The van der Waals surface area contributed by atoms with Gasteiger partial charge in [-0.25, -0.2) is 4.79 Å². The van der Waals surface area contributed by atoms with Crippen molar-refractivity contribution in [2.24, 2.45) is 5.41 Å². The van der Waals surface area contributed by atoms with E-state index in [1.165, 1.54) is 7.11 Å². The molecule has 0 bridgehead atoms. The predicted octanol–water partition coefficient (Wildman–Crippen LogP) is 1.29. The van der Waals surface area contributed by atoms with E-state index in [1.807, 2.05) is 12.1 Å². The maximum atomic E-state index is 12.7. The van der Waals surface area contributed by atoms with Gasteiger partial charge in [0.05, 0.1) is 19.1 Å². The van der Waals surface area contributed by atoms with Gasteiger partial charge in [-0.1, -0.05) is 12.1 Å². The maximum absolute atomic E-state index is 12.7. The van der Waals surface area contributed by atoms with Crippen LogP contribution in [0.2, 0.25) is 0 Å². The fourth-order valence-electron chi connectivity index (χ4n) is 2.93. The minimum Gasteiger partial charge on any atom is -0.482 e. The first-order valence-corrected chi connectivity index (χ1v) is 8.36. The Bertz CT molecular complexity index is 585. The molecule has 0 radical (unpaired) electrons. The van der Waals surface area contributed by atoms with Crippen LogP contribution in [0, 0.1) is 5.41 Å². The molecule has 1 heterocycles. The fraction of sp³-hybridized carbons (Fsp3) is 0.556. The third-order valence-corrected chi connectivity index (χ3v) is 4.40. The van der Waals surface area contributed by atoms with Crippen molar-refractivity contribution in [3.63, 3.8) is 0 Å². The van der Waals surface area contributed by atoms with Crippen molar-refractivity contribution in [2.75, 3.05) is 40.5 Å². The number of methoxy groups -OCH3 is 2. The second-order valence-electron chi connectivity index (χ2n) is 6.16. The molecule has 0 aliphatic carbocycles. The van der Waals surface area contributed by atoms with E-state index < -0.39 is 11.4 Å². The second-order valence-corrected chi connectivity index (χ2v) is 6.16. The van der Waals surface area contributed by atoms with Crippen LogP contribution in [0.15, 0.2) is 24.3 Å². The molecule has 0 aromatic heterocycles. The highest BCUT2D eigenvalue weighted by Crippen LogP contribution is 2.29. The number of halogens is 1. The van der Waals surface area contributed by atoms with Gasteiger partial charge in [-0.15, -0.1) is 12.4 Å². The van der Waals surface area contributed by atoms with Gasteiger partial charge in [0.15, 0.2) is 6.61 Å². The standard InChI is InChI=1S/C18H26N2O5.ClH/c1-23-13-18(6-8-19-9-7-18)17(22)20-11-14-4-3-5-15(10-14)25-12-16(21)24-2;/h3-5,10,19H,6-9,11-13H2,1-2H3,(H,20,22);1H. The van der Waals surface area contributed by atoms with Crippen molar-refractivity contribution in [3.05, 3.63) is 29.8 Å². The van der Waals surface area contributed by atoms with Gasteiger partial charge in [0.2, 0.25) is 5.91 Å². The SMILES string of the molecule is COCC1(C(=O)NCc2cccc(OCC(=O)OC)c2)CCNCC1.Cl. The molecule has 26 heavy (non-hydrogen) atoms. The van der Waals surface area contributed by atoms with Crippen molar-refractivity contribution < 1.29 is 23.8 Å². The molecular weight excluding hydrogens is 360 g/mol. The third-order valence-electron chi connectivity index (χ3n) is 4.40. The summed E-state index contributed by atoms with van der Waals surface area (Å²) in [6.45, 7) is 2.30. The summed E-state index contributed by atoms with van der Waals surface area (Å²) in [6.07, 6.45) is 1.52. The van der Waals surface area contributed by atoms with Crippen LogP contribution in [0.4, 0.5) is 0 Å². The normalized spacial score (nSPS) is 15.5. The van der Waals surface area contributed by atoms with E-state index in [2.05, 4.69) is 15.4 Å². The first-order chi connectivity index (χ1) is 12.1. The molecule has 1 aromatic rings. The van der Waals surface area contributed by atoms with Gasteiger partial charge < -0.3 is 24.8 Å². The summed E-state index contributed by atoms with van der Waals surface area (Å²) < 4.78 is 15.2. The molecule has 0 atom stereocenters. The summed E-state index contributed by atoms with van der Waals surface area (Å²) in [6, 6.07) is 7.28. The van der Waals surface area contributed by atoms with Crippen LogP contribution in [0.3, 0.4) is 0 Å². The van der Waals surface area contributed by atoms with Gasteiger partial charge in [-0.3, -0.25) is 4.79 Å². The molecule has 0 spiro atoms. The summed E-state index contributed by atoms with van der Waals surface area (Å²) in [7, 11) is 2.94. The monoisotopic (exact) mass is 386 g/mol. The molecule has 7 nitrogen and oxygen atoms in total. The summed E-state index contributed by atoms with van der Waals surface area (Å²) in [5, 5.41) is 6.28. The zero-order valence-electron chi connectivity index (χ0n) is 15.2. The molecular formula is C18H27ClN2O5. The molecule has 1 fully saturated rings. The number of hydrogen-bond donors (Lipinski definition) is 2. The average Bonchev–Trinajstić information content (AvgIpc) is 2.65. The Balaban J connectivity index is 0.00000338. The molecule has 1 amide bonds. The number of hydrogen-bond acceptors (Lipinski definition) is 6. The summed E-state index contributed by atoms with van der Waals surface area (Å²) in [5.41, 5.74) is 0.427. The quantitative estimate of drug-likeness (QED) is 0.655. The van der Waals surface area contributed by atoms with Crippen LogP contribution >= 0.6 is 12.4 Å². The van der Waals surface area contributed by atoms with Gasteiger partial charge in [0.1, 0.15) is 5.75 Å². The van der Waals surface area contributed by atoms with Crippen LogP contribution in [-0.2, 0) is 25.6 Å². The summed E-state index contributed by atoms with van der Waals surface area (Å²) in [4.78, 5) is 23.8. The van der Waals surface area contributed by atoms with Crippen molar-refractivity contribution in [1.29, 1.82) is 0 Å². The first kappa shape index (κ1) is 22.2. The lowest BCUT2D eigenvalue weighted by atomic mass is 9.78. The van der Waals surface area contributed by atoms with Gasteiger partial charge in [0, 0.05) is 13.7 Å². The first-order valence-electron chi connectivity index (χ1n) is 8.36. The number of rotatable bonds is 8. The Morgan fingerprint density at radius 1 is 1.23 bits per heavy atom. The lowest BCUT2D eigenvalue weighted by Crippen LogP contribution is -2.49. The average molecular weight is 387 g/mol. The maximum Gasteiger partial charge on any atom is 0.343 e. The molecule has 1 aromatic carbocycles. The van der Waals surface area contributed by atoms with Crippen molar-refractivity contribution in [1.82, 2.24) is 10.6 Å². The molecule has 146 valence electrons. The van der Waals surface area contributed by atoms with Crippen molar-refractivity contribution in [2.45, 2.75) is 19.4 Å². The molecule has 8 heteroatoms. The number of ether oxygens (including phenoxy) is 3. The lowest BCUT2D eigenvalue weighted by molar-refractivity contribution is -0.143. The van der Waals surface area contributed by atoms with Gasteiger partial charge in [0.25, 0.3) is 0 Å². The lowest BCUT2D eigenvalue weighted by Gasteiger charge is -2.35. The Kier molecular flexibility index (Phi) is 9.40.